The van der Waals surface area contributed by atoms with Gasteiger partial charge in [0.15, 0.2) is 0 Å². The summed E-state index contributed by atoms with van der Waals surface area (Å²) in [6.07, 6.45) is 3.50. The van der Waals surface area contributed by atoms with Crippen molar-refractivity contribution >= 4 is 11.8 Å². The molecule has 0 saturated carbocycles. The van der Waals surface area contributed by atoms with Gasteiger partial charge < -0.3 is 14.6 Å². The molecule has 15 heavy (non-hydrogen) atoms. The Balaban J connectivity index is 2.08. The molecule has 1 aliphatic heterocycles. The first-order valence-corrected chi connectivity index (χ1v) is 4.95. The van der Waals surface area contributed by atoms with Crippen molar-refractivity contribution < 1.29 is 9.53 Å². The Bertz CT molecular complexity index is 361. The van der Waals surface area contributed by atoms with Gasteiger partial charge in [0.1, 0.15) is 6.10 Å². The molecule has 1 amide bonds. The van der Waals surface area contributed by atoms with Crippen LogP contribution in [0.4, 0.5) is 10.5 Å². The van der Waals surface area contributed by atoms with Crippen LogP contribution in [0.2, 0.25) is 0 Å². The maximum absolute atomic E-state index is 11.5. The quantitative estimate of drug-likeness (QED) is 0.791. The van der Waals surface area contributed by atoms with E-state index >= 15 is 0 Å². The van der Waals surface area contributed by atoms with Crippen LogP contribution < -0.4 is 10.2 Å². The van der Waals surface area contributed by atoms with Crippen molar-refractivity contribution in [1.82, 2.24) is 9.88 Å². The molecule has 1 aromatic heterocycles. The number of ether oxygens (including phenoxy) is 1. The number of likely N-dealkylation sites (N-methyl/N-ethyl adjacent to an activating group) is 1. The minimum absolute atomic E-state index is 0.0530. The molecule has 1 fully saturated rings. The highest BCUT2D eigenvalue weighted by atomic mass is 16.6. The fraction of sp³-hybridized carbons (Fsp3) is 0.500. The average molecular weight is 209 g/mol. The lowest BCUT2D eigenvalue weighted by atomic mass is 10.3. The molecular formula is C10H15N3O2. The van der Waals surface area contributed by atoms with Crippen molar-refractivity contribution in [3.05, 3.63) is 18.5 Å². The van der Waals surface area contributed by atoms with E-state index in [0.717, 1.165) is 5.69 Å². The van der Waals surface area contributed by atoms with Crippen LogP contribution >= 0.6 is 0 Å². The number of hydrogen-bond acceptors (Lipinski definition) is 3. The van der Waals surface area contributed by atoms with Crippen LogP contribution in [0.5, 0.6) is 0 Å². The largest absolute Gasteiger partial charge is 0.443 e. The van der Waals surface area contributed by atoms with Crippen LogP contribution in [0, 0.1) is 0 Å². The highest BCUT2D eigenvalue weighted by Crippen LogP contribution is 2.21. The second-order valence-corrected chi connectivity index (χ2v) is 3.71. The van der Waals surface area contributed by atoms with Crippen LogP contribution in [0.1, 0.15) is 0 Å². The predicted octanol–water partition coefficient (Wildman–Crippen LogP) is 0.570. The summed E-state index contributed by atoms with van der Waals surface area (Å²) in [5.41, 5.74) is 0.890. The number of rotatable bonds is 3. The summed E-state index contributed by atoms with van der Waals surface area (Å²) < 4.78 is 7.10. The molecule has 2 heterocycles. The summed E-state index contributed by atoms with van der Waals surface area (Å²) in [6.45, 7) is 1.30. The van der Waals surface area contributed by atoms with Crippen molar-refractivity contribution in [2.75, 3.05) is 25.0 Å². The summed E-state index contributed by atoms with van der Waals surface area (Å²) in [7, 11) is 3.77. The molecule has 5 nitrogen and oxygen atoms in total. The minimum atomic E-state index is -0.263. The smallest absolute Gasteiger partial charge is 0.414 e. The zero-order valence-corrected chi connectivity index (χ0v) is 8.93. The zero-order valence-electron chi connectivity index (χ0n) is 8.93. The second kappa shape index (κ2) is 3.94. The highest BCUT2D eigenvalue weighted by Gasteiger charge is 2.31. The van der Waals surface area contributed by atoms with Gasteiger partial charge >= 0.3 is 6.09 Å². The van der Waals surface area contributed by atoms with E-state index in [1.165, 1.54) is 0 Å². The van der Waals surface area contributed by atoms with Crippen molar-refractivity contribution in [1.29, 1.82) is 0 Å². The third-order valence-electron chi connectivity index (χ3n) is 2.43. The van der Waals surface area contributed by atoms with Crippen LogP contribution in [-0.4, -0.2) is 36.9 Å². The van der Waals surface area contributed by atoms with Gasteiger partial charge in [-0.3, -0.25) is 4.90 Å². The molecule has 0 bridgehead atoms. The van der Waals surface area contributed by atoms with E-state index < -0.39 is 0 Å². The number of nitrogens with one attached hydrogen (secondary N) is 1. The Morgan fingerprint density at radius 3 is 3.07 bits per heavy atom. The van der Waals surface area contributed by atoms with E-state index in [2.05, 4.69) is 5.32 Å². The van der Waals surface area contributed by atoms with Gasteiger partial charge in [-0.15, -0.1) is 0 Å². The lowest BCUT2D eigenvalue weighted by molar-refractivity contribution is 0.141. The van der Waals surface area contributed by atoms with Crippen molar-refractivity contribution in [3.63, 3.8) is 0 Å². The molecule has 1 N–H and O–H groups in total. The maximum atomic E-state index is 11.5. The number of amides is 1. The molecule has 1 saturated heterocycles. The number of aromatic nitrogens is 1. The number of hydrogen-bond donors (Lipinski definition) is 1. The molecule has 2 rings (SSSR count). The predicted molar refractivity (Wildman–Crippen MR) is 57.0 cm³/mol. The average Bonchev–Trinajstić information content (AvgIpc) is 2.73. The monoisotopic (exact) mass is 209 g/mol. The van der Waals surface area contributed by atoms with Crippen LogP contribution in [0.15, 0.2) is 18.5 Å². The van der Waals surface area contributed by atoms with Gasteiger partial charge in [0.2, 0.25) is 0 Å². The number of cyclic esters (lactones) is 1. The summed E-state index contributed by atoms with van der Waals surface area (Å²) in [5, 5.41) is 3.00. The SMILES string of the molecule is CNC[C@H]1CN(c2ccn(C)c2)C(=O)O1. The third-order valence-corrected chi connectivity index (χ3v) is 2.43. The van der Waals surface area contributed by atoms with Gasteiger partial charge in [0.25, 0.3) is 0 Å². The molecule has 1 atom stereocenters. The van der Waals surface area contributed by atoms with Crippen LogP contribution in [0.25, 0.3) is 0 Å². The molecule has 0 aromatic carbocycles. The summed E-state index contributed by atoms with van der Waals surface area (Å²) in [6, 6.07) is 1.91. The normalized spacial score (nSPS) is 20.8. The second-order valence-electron chi connectivity index (χ2n) is 3.71. The van der Waals surface area contributed by atoms with Crippen LogP contribution in [0.3, 0.4) is 0 Å². The lowest BCUT2D eigenvalue weighted by Gasteiger charge is -2.09. The standard InChI is InChI=1S/C10H15N3O2/c1-11-5-9-7-13(10(14)15-9)8-3-4-12(2)6-8/h3-4,6,9,11H,5,7H2,1-2H3/t9-/m0/s1. The van der Waals surface area contributed by atoms with Crippen molar-refractivity contribution in [2.24, 2.45) is 7.05 Å². The molecule has 1 aliphatic rings. The number of anilines is 1. The molecule has 0 spiro atoms. The summed E-state index contributed by atoms with van der Waals surface area (Å²) >= 11 is 0. The topological polar surface area (TPSA) is 46.5 Å². The molecule has 82 valence electrons. The first-order chi connectivity index (χ1) is 7.20. The van der Waals surface area contributed by atoms with Gasteiger partial charge in [-0.1, -0.05) is 0 Å². The lowest BCUT2D eigenvalue weighted by Crippen LogP contribution is -2.28. The Labute approximate surface area is 88.6 Å². The molecule has 1 aromatic rings. The number of nitrogens with zero attached hydrogens (tertiary/aromatic N) is 2. The number of carbonyl (C=O) groups is 1. The van der Waals surface area contributed by atoms with Crippen LogP contribution in [-0.2, 0) is 11.8 Å². The number of aryl methyl sites for hydroxylation is 1. The number of carbonyl (C=O) groups excluding carboxylic acids is 1. The van der Waals surface area contributed by atoms with Crippen molar-refractivity contribution in [3.8, 4) is 0 Å². The van der Waals surface area contributed by atoms with Gasteiger partial charge in [-0.2, -0.15) is 0 Å². The minimum Gasteiger partial charge on any atom is -0.443 e. The molecule has 0 unspecified atom stereocenters. The first-order valence-electron chi connectivity index (χ1n) is 4.95. The van der Waals surface area contributed by atoms with E-state index in [-0.39, 0.29) is 12.2 Å². The van der Waals surface area contributed by atoms with E-state index in [9.17, 15) is 4.79 Å². The van der Waals surface area contributed by atoms with E-state index in [1.54, 1.807) is 4.90 Å². The molecule has 0 aliphatic carbocycles. The Hall–Kier alpha value is -1.49. The summed E-state index contributed by atoms with van der Waals surface area (Å²) in [4.78, 5) is 13.2. The van der Waals surface area contributed by atoms with Gasteiger partial charge in [-0.05, 0) is 13.1 Å². The van der Waals surface area contributed by atoms with Crippen molar-refractivity contribution in [2.45, 2.75) is 6.10 Å². The molecule has 5 heteroatoms. The summed E-state index contributed by atoms with van der Waals surface area (Å²) in [5.74, 6) is 0. The maximum Gasteiger partial charge on any atom is 0.414 e. The molecule has 0 radical (unpaired) electrons. The van der Waals surface area contributed by atoms with Gasteiger partial charge in [0, 0.05) is 26.0 Å². The Kier molecular flexibility index (Phi) is 2.64. The Morgan fingerprint density at radius 2 is 2.47 bits per heavy atom. The van der Waals surface area contributed by atoms with Gasteiger partial charge in [0.05, 0.1) is 12.2 Å². The fourth-order valence-electron chi connectivity index (χ4n) is 1.71. The van der Waals surface area contributed by atoms with E-state index in [4.69, 9.17) is 4.74 Å². The highest BCUT2D eigenvalue weighted by molar-refractivity contribution is 5.89. The zero-order chi connectivity index (χ0) is 10.8. The first kappa shape index (κ1) is 10.0. The molecular weight excluding hydrogens is 194 g/mol. The van der Waals surface area contributed by atoms with E-state index in [1.807, 2.05) is 37.1 Å². The van der Waals surface area contributed by atoms with Gasteiger partial charge in [-0.25, -0.2) is 4.79 Å². The Morgan fingerprint density at radius 1 is 1.67 bits per heavy atom. The third kappa shape index (κ3) is 1.97. The van der Waals surface area contributed by atoms with E-state index in [0.29, 0.717) is 13.1 Å². The fourth-order valence-corrected chi connectivity index (χ4v) is 1.71.